The number of sulfonamides is 1. The third kappa shape index (κ3) is 2.76. The lowest BCUT2D eigenvalue weighted by Crippen LogP contribution is -2.31. The van der Waals surface area contributed by atoms with Crippen LogP contribution in [0.1, 0.15) is 24.4 Å². The van der Waals surface area contributed by atoms with Crippen molar-refractivity contribution >= 4 is 21.6 Å². The maximum atomic E-state index is 14.0. The van der Waals surface area contributed by atoms with Crippen LogP contribution in [0.25, 0.3) is 0 Å². The molecule has 3 nitrogen and oxygen atoms in total. The first-order chi connectivity index (χ1) is 10.5. The second kappa shape index (κ2) is 5.99. The zero-order valence-corrected chi connectivity index (χ0v) is 13.3. The molecule has 2 aromatic carbocycles. The first-order valence-electron chi connectivity index (χ1n) is 7.02. The Morgan fingerprint density at radius 1 is 1.09 bits per heavy atom. The smallest absolute Gasteiger partial charge is 0.207 e. The predicted octanol–water partition coefficient (Wildman–Crippen LogP) is 4.00. The van der Waals surface area contributed by atoms with E-state index in [1.165, 1.54) is 22.5 Å². The molecule has 22 heavy (non-hydrogen) atoms. The summed E-state index contributed by atoms with van der Waals surface area (Å²) in [6.45, 7) is 0.393. The van der Waals surface area contributed by atoms with Gasteiger partial charge in [0.05, 0.1) is 10.9 Å². The fraction of sp³-hybridized carbons (Fsp3) is 0.250. The summed E-state index contributed by atoms with van der Waals surface area (Å²) in [4.78, 5) is 0.181. The molecule has 1 aliphatic heterocycles. The minimum atomic E-state index is -3.66. The second-order valence-corrected chi connectivity index (χ2v) is 7.58. The van der Waals surface area contributed by atoms with Crippen LogP contribution in [-0.2, 0) is 10.0 Å². The minimum absolute atomic E-state index is 0.181. The average Bonchev–Trinajstić information content (AvgIpc) is 2.98. The van der Waals surface area contributed by atoms with Crippen molar-refractivity contribution in [1.82, 2.24) is 4.31 Å². The quantitative estimate of drug-likeness (QED) is 0.847. The molecular weight excluding hydrogens is 325 g/mol. The Bertz CT molecular complexity index is 777. The van der Waals surface area contributed by atoms with Crippen molar-refractivity contribution in [3.63, 3.8) is 0 Å². The van der Waals surface area contributed by atoms with Gasteiger partial charge in [0.1, 0.15) is 5.82 Å². The normalized spacial score (nSPS) is 19.5. The fourth-order valence-electron chi connectivity index (χ4n) is 2.83. The molecule has 1 unspecified atom stereocenters. The molecule has 1 heterocycles. The average molecular weight is 340 g/mol. The molecule has 2 aromatic rings. The van der Waals surface area contributed by atoms with Crippen LogP contribution < -0.4 is 0 Å². The molecule has 0 saturated carbocycles. The highest BCUT2D eigenvalue weighted by molar-refractivity contribution is 7.89. The summed E-state index contributed by atoms with van der Waals surface area (Å²) in [6, 6.07) is 11.9. The van der Waals surface area contributed by atoms with Gasteiger partial charge in [-0.1, -0.05) is 29.8 Å². The molecule has 0 aliphatic carbocycles. The van der Waals surface area contributed by atoms with E-state index < -0.39 is 16.1 Å². The van der Waals surface area contributed by atoms with E-state index in [1.54, 1.807) is 30.3 Å². The van der Waals surface area contributed by atoms with E-state index in [4.69, 9.17) is 11.6 Å². The van der Waals surface area contributed by atoms with Crippen molar-refractivity contribution in [1.29, 1.82) is 0 Å². The van der Waals surface area contributed by atoms with E-state index in [1.807, 2.05) is 0 Å². The number of nitrogens with zero attached hydrogens (tertiary/aromatic N) is 1. The maximum absolute atomic E-state index is 14.0. The lowest BCUT2D eigenvalue weighted by molar-refractivity contribution is 0.386. The van der Waals surface area contributed by atoms with Crippen LogP contribution in [0.2, 0.25) is 5.02 Å². The first kappa shape index (κ1) is 15.5. The highest BCUT2D eigenvalue weighted by Gasteiger charge is 2.37. The Labute approximate surface area is 134 Å². The highest BCUT2D eigenvalue weighted by atomic mass is 35.5. The molecule has 1 saturated heterocycles. The van der Waals surface area contributed by atoms with Crippen molar-refractivity contribution in [2.45, 2.75) is 23.8 Å². The van der Waals surface area contributed by atoms with Crippen LogP contribution >= 0.6 is 11.6 Å². The topological polar surface area (TPSA) is 37.4 Å². The summed E-state index contributed by atoms with van der Waals surface area (Å²) in [5.41, 5.74) is 0.428. The van der Waals surface area contributed by atoms with Crippen molar-refractivity contribution < 1.29 is 12.8 Å². The van der Waals surface area contributed by atoms with Gasteiger partial charge in [0.15, 0.2) is 0 Å². The summed E-state index contributed by atoms with van der Waals surface area (Å²) >= 11 is 5.81. The van der Waals surface area contributed by atoms with E-state index in [0.717, 1.165) is 0 Å². The van der Waals surface area contributed by atoms with E-state index >= 15 is 0 Å². The number of hydrogen-bond donors (Lipinski definition) is 0. The first-order valence-corrected chi connectivity index (χ1v) is 8.84. The Balaban J connectivity index is 1.99. The van der Waals surface area contributed by atoms with E-state index in [9.17, 15) is 12.8 Å². The van der Waals surface area contributed by atoms with E-state index in [2.05, 4.69) is 0 Å². The standard InChI is InChI=1S/C16H15ClFNO2S/c17-12-7-9-13(10-8-12)22(20,21)19-11-3-6-16(19)14-4-1-2-5-15(14)18/h1-2,4-5,7-10,16H,3,6,11H2. The van der Waals surface area contributed by atoms with Gasteiger partial charge < -0.3 is 0 Å². The molecule has 3 rings (SSSR count). The predicted molar refractivity (Wildman–Crippen MR) is 83.7 cm³/mol. The summed E-state index contributed by atoms with van der Waals surface area (Å²) in [5.74, 6) is -0.370. The van der Waals surface area contributed by atoms with Gasteiger partial charge in [-0.05, 0) is 43.2 Å². The van der Waals surface area contributed by atoms with Crippen molar-refractivity contribution in [2.24, 2.45) is 0 Å². The molecule has 6 heteroatoms. The molecule has 0 N–H and O–H groups in total. The lowest BCUT2D eigenvalue weighted by Gasteiger charge is -2.24. The zero-order valence-electron chi connectivity index (χ0n) is 11.7. The SMILES string of the molecule is O=S(=O)(c1ccc(Cl)cc1)N1CCCC1c1ccccc1F. The number of hydrogen-bond acceptors (Lipinski definition) is 2. The van der Waals surface area contributed by atoms with Crippen LogP contribution in [0.5, 0.6) is 0 Å². The van der Waals surface area contributed by atoms with E-state index in [0.29, 0.717) is 30.0 Å². The minimum Gasteiger partial charge on any atom is -0.207 e. The van der Waals surface area contributed by atoms with Crippen LogP contribution in [0.3, 0.4) is 0 Å². The van der Waals surface area contributed by atoms with Crippen LogP contribution in [0, 0.1) is 5.82 Å². The van der Waals surface area contributed by atoms with Crippen molar-refractivity contribution in [2.75, 3.05) is 6.54 Å². The Morgan fingerprint density at radius 2 is 1.77 bits per heavy atom. The van der Waals surface area contributed by atoms with Gasteiger partial charge >= 0.3 is 0 Å². The van der Waals surface area contributed by atoms with Gasteiger partial charge in [-0.25, -0.2) is 12.8 Å². The van der Waals surface area contributed by atoms with Gasteiger partial charge in [0, 0.05) is 17.1 Å². The molecule has 1 aliphatic rings. The van der Waals surface area contributed by atoms with Crippen molar-refractivity contribution in [3.05, 3.63) is 64.9 Å². The van der Waals surface area contributed by atoms with Gasteiger partial charge in [0.25, 0.3) is 0 Å². The third-order valence-electron chi connectivity index (χ3n) is 3.89. The molecule has 0 bridgehead atoms. The largest absolute Gasteiger partial charge is 0.243 e. The third-order valence-corrected chi connectivity index (χ3v) is 6.06. The Hall–Kier alpha value is -1.43. The Morgan fingerprint density at radius 3 is 2.45 bits per heavy atom. The zero-order chi connectivity index (χ0) is 15.7. The monoisotopic (exact) mass is 339 g/mol. The van der Waals surface area contributed by atoms with Gasteiger partial charge in [-0.15, -0.1) is 0 Å². The lowest BCUT2D eigenvalue weighted by atomic mass is 10.1. The highest BCUT2D eigenvalue weighted by Crippen LogP contribution is 2.37. The van der Waals surface area contributed by atoms with E-state index in [-0.39, 0.29) is 10.7 Å². The van der Waals surface area contributed by atoms with Gasteiger partial charge in [0.2, 0.25) is 10.0 Å². The molecular formula is C16H15ClFNO2S. The molecule has 1 atom stereocenters. The molecule has 0 spiro atoms. The number of benzene rings is 2. The Kier molecular flexibility index (Phi) is 4.21. The summed E-state index contributed by atoms with van der Waals surface area (Å²) in [5, 5.41) is 0.478. The number of rotatable bonds is 3. The molecule has 116 valence electrons. The van der Waals surface area contributed by atoms with Crippen LogP contribution in [0.4, 0.5) is 4.39 Å². The van der Waals surface area contributed by atoms with Crippen LogP contribution in [-0.4, -0.2) is 19.3 Å². The van der Waals surface area contributed by atoms with Crippen molar-refractivity contribution in [3.8, 4) is 0 Å². The molecule has 0 aromatic heterocycles. The van der Waals surface area contributed by atoms with Gasteiger partial charge in [-0.2, -0.15) is 4.31 Å². The van der Waals surface area contributed by atoms with Gasteiger partial charge in [-0.3, -0.25) is 0 Å². The summed E-state index contributed by atoms with van der Waals surface area (Å²) in [6.07, 6.45) is 1.33. The summed E-state index contributed by atoms with van der Waals surface area (Å²) < 4.78 is 41.0. The second-order valence-electron chi connectivity index (χ2n) is 5.25. The van der Waals surface area contributed by atoms with Crippen LogP contribution in [0.15, 0.2) is 53.4 Å². The summed E-state index contributed by atoms with van der Waals surface area (Å²) in [7, 11) is -3.66. The molecule has 1 fully saturated rings. The molecule has 0 amide bonds. The molecule has 0 radical (unpaired) electrons. The fourth-order valence-corrected chi connectivity index (χ4v) is 4.63. The number of halogens is 2. The maximum Gasteiger partial charge on any atom is 0.243 e.